The smallest absolute Gasteiger partial charge is 0.305 e. The summed E-state index contributed by atoms with van der Waals surface area (Å²) >= 11 is 0. The summed E-state index contributed by atoms with van der Waals surface area (Å²) in [6.07, 6.45) is 54.6. The Morgan fingerprint density at radius 1 is 0.466 bits per heavy atom. The summed E-state index contributed by atoms with van der Waals surface area (Å²) < 4.78 is 5.45. The van der Waals surface area contributed by atoms with Crippen LogP contribution in [-0.4, -0.2) is 47.4 Å². The average molecular weight is 820 g/mol. The van der Waals surface area contributed by atoms with Crippen molar-refractivity contribution in [2.24, 2.45) is 0 Å². The molecular weight excluding hydrogens is 719 g/mol. The fraction of sp³-hybridized carbons (Fsp3) is 0.923. The van der Waals surface area contributed by atoms with Gasteiger partial charge < -0.3 is 20.3 Å². The van der Waals surface area contributed by atoms with Crippen LogP contribution in [0.3, 0.4) is 0 Å². The Hall–Kier alpha value is -1.40. The van der Waals surface area contributed by atoms with E-state index in [-0.39, 0.29) is 18.5 Å². The standard InChI is InChI=1S/C52H101NO5/c1-3-5-7-9-11-13-15-17-18-21-24-28-32-36-40-44-50(55)49(48-54)53-51(56)45-41-37-33-29-25-22-19-23-27-31-35-39-43-47-58-52(57)46-42-38-34-30-26-20-16-14-12-10-8-6-4-2/h14,16,49-50,54-55H,3-13,15,17-48H2,1-2H3,(H,53,56)/b16-14-. The molecular formula is C52H101NO5. The zero-order chi connectivity index (χ0) is 42.3. The lowest BCUT2D eigenvalue weighted by molar-refractivity contribution is -0.143. The van der Waals surface area contributed by atoms with Crippen LogP contribution < -0.4 is 5.32 Å². The topological polar surface area (TPSA) is 95.9 Å². The van der Waals surface area contributed by atoms with Gasteiger partial charge in [-0.3, -0.25) is 9.59 Å². The maximum Gasteiger partial charge on any atom is 0.305 e. The van der Waals surface area contributed by atoms with Crippen molar-refractivity contribution in [1.82, 2.24) is 5.32 Å². The molecule has 0 bridgehead atoms. The molecule has 2 atom stereocenters. The largest absolute Gasteiger partial charge is 0.466 e. The van der Waals surface area contributed by atoms with Gasteiger partial charge in [-0.05, 0) is 51.4 Å². The molecule has 0 aliphatic carbocycles. The van der Waals surface area contributed by atoms with Crippen molar-refractivity contribution in [3.05, 3.63) is 12.2 Å². The highest BCUT2D eigenvalue weighted by atomic mass is 16.5. The summed E-state index contributed by atoms with van der Waals surface area (Å²) in [6, 6.07) is -0.550. The molecule has 2 unspecified atom stereocenters. The Balaban J connectivity index is 3.45. The molecule has 58 heavy (non-hydrogen) atoms. The molecule has 0 heterocycles. The number of amides is 1. The third-order valence-electron chi connectivity index (χ3n) is 12.1. The van der Waals surface area contributed by atoms with Gasteiger partial charge in [-0.25, -0.2) is 0 Å². The van der Waals surface area contributed by atoms with Gasteiger partial charge in [0.1, 0.15) is 0 Å². The zero-order valence-corrected chi connectivity index (χ0v) is 39.0. The van der Waals surface area contributed by atoms with Crippen molar-refractivity contribution in [2.45, 2.75) is 296 Å². The molecule has 0 saturated carbocycles. The van der Waals surface area contributed by atoms with E-state index in [4.69, 9.17) is 4.74 Å². The normalized spacial score (nSPS) is 12.7. The van der Waals surface area contributed by atoms with Crippen molar-refractivity contribution >= 4 is 11.9 Å². The first kappa shape index (κ1) is 56.6. The Labute approximate surface area is 361 Å². The second-order valence-electron chi connectivity index (χ2n) is 17.9. The molecule has 3 N–H and O–H groups in total. The van der Waals surface area contributed by atoms with E-state index in [9.17, 15) is 19.8 Å². The number of unbranched alkanes of at least 4 members (excludes halogenated alkanes) is 35. The lowest BCUT2D eigenvalue weighted by Gasteiger charge is -2.22. The molecule has 0 rings (SSSR count). The predicted octanol–water partition coefficient (Wildman–Crippen LogP) is 15.3. The van der Waals surface area contributed by atoms with Crippen molar-refractivity contribution in [2.75, 3.05) is 13.2 Å². The highest BCUT2D eigenvalue weighted by molar-refractivity contribution is 5.76. The van der Waals surface area contributed by atoms with Crippen LogP contribution in [0.5, 0.6) is 0 Å². The summed E-state index contributed by atoms with van der Waals surface area (Å²) in [5, 5.41) is 23.2. The Morgan fingerprint density at radius 2 is 0.810 bits per heavy atom. The second kappa shape index (κ2) is 48.3. The van der Waals surface area contributed by atoms with Crippen molar-refractivity contribution in [1.29, 1.82) is 0 Å². The van der Waals surface area contributed by atoms with Gasteiger partial charge in [0, 0.05) is 12.8 Å². The minimum Gasteiger partial charge on any atom is -0.466 e. The van der Waals surface area contributed by atoms with Crippen molar-refractivity contribution < 1.29 is 24.5 Å². The number of allylic oxidation sites excluding steroid dienone is 2. The minimum atomic E-state index is -0.672. The first-order valence-electron chi connectivity index (χ1n) is 25.9. The number of aliphatic hydroxyl groups is 2. The monoisotopic (exact) mass is 820 g/mol. The van der Waals surface area contributed by atoms with E-state index < -0.39 is 12.1 Å². The molecule has 6 heteroatoms. The first-order valence-corrected chi connectivity index (χ1v) is 25.9. The van der Waals surface area contributed by atoms with E-state index >= 15 is 0 Å². The third-order valence-corrected chi connectivity index (χ3v) is 12.1. The molecule has 344 valence electrons. The number of ether oxygens (including phenoxy) is 1. The average Bonchev–Trinajstić information content (AvgIpc) is 3.22. The first-order chi connectivity index (χ1) is 28.5. The van der Waals surface area contributed by atoms with Gasteiger partial charge in [0.2, 0.25) is 5.91 Å². The van der Waals surface area contributed by atoms with E-state index in [1.807, 2.05) is 0 Å². The van der Waals surface area contributed by atoms with Gasteiger partial charge in [-0.1, -0.05) is 231 Å². The van der Waals surface area contributed by atoms with Gasteiger partial charge in [0.05, 0.1) is 25.4 Å². The lowest BCUT2D eigenvalue weighted by atomic mass is 10.0. The van der Waals surface area contributed by atoms with Crippen molar-refractivity contribution in [3.8, 4) is 0 Å². The Kier molecular flexibility index (Phi) is 47.1. The molecule has 0 radical (unpaired) electrons. The van der Waals surface area contributed by atoms with E-state index in [2.05, 4.69) is 31.3 Å². The van der Waals surface area contributed by atoms with E-state index in [1.165, 1.54) is 199 Å². The maximum atomic E-state index is 12.4. The number of hydrogen-bond donors (Lipinski definition) is 3. The number of carbonyl (C=O) groups is 2. The van der Waals surface area contributed by atoms with Crippen LogP contribution in [0, 0.1) is 0 Å². The summed E-state index contributed by atoms with van der Waals surface area (Å²) in [4.78, 5) is 24.4. The summed E-state index contributed by atoms with van der Waals surface area (Å²) in [6.45, 7) is 4.91. The highest BCUT2D eigenvalue weighted by Crippen LogP contribution is 2.17. The third kappa shape index (κ3) is 44.2. The predicted molar refractivity (Wildman–Crippen MR) is 250 cm³/mol. The van der Waals surface area contributed by atoms with Gasteiger partial charge >= 0.3 is 5.97 Å². The summed E-state index contributed by atoms with van der Waals surface area (Å²) in [7, 11) is 0. The Morgan fingerprint density at radius 3 is 1.24 bits per heavy atom. The number of rotatable bonds is 48. The molecule has 1 amide bonds. The number of nitrogens with one attached hydrogen (secondary N) is 1. The molecule has 0 aliphatic heterocycles. The van der Waals surface area contributed by atoms with Crippen LogP contribution in [0.1, 0.15) is 284 Å². The highest BCUT2D eigenvalue weighted by Gasteiger charge is 2.20. The maximum absolute atomic E-state index is 12.4. The number of esters is 1. The molecule has 0 aromatic heterocycles. The minimum absolute atomic E-state index is 0.0144. The molecule has 0 saturated heterocycles. The van der Waals surface area contributed by atoms with Gasteiger partial charge in [-0.2, -0.15) is 0 Å². The van der Waals surface area contributed by atoms with Gasteiger partial charge in [0.15, 0.2) is 0 Å². The molecule has 0 fully saturated rings. The number of carbonyl (C=O) groups excluding carboxylic acids is 2. The summed E-state index contributed by atoms with van der Waals surface area (Å²) in [5.41, 5.74) is 0. The molecule has 0 aromatic rings. The molecule has 0 spiro atoms. The number of aliphatic hydroxyl groups excluding tert-OH is 2. The summed E-state index contributed by atoms with van der Waals surface area (Å²) in [5.74, 6) is -0.0613. The van der Waals surface area contributed by atoms with Gasteiger partial charge in [0.25, 0.3) is 0 Å². The molecule has 6 nitrogen and oxygen atoms in total. The van der Waals surface area contributed by atoms with E-state index in [0.717, 1.165) is 51.4 Å². The van der Waals surface area contributed by atoms with Crippen LogP contribution in [0.15, 0.2) is 12.2 Å². The SMILES string of the molecule is CCCCCC/C=C\CCCCCCCC(=O)OCCCCCCCCCCCCCCCC(=O)NC(CO)C(O)CCCCCCCCCCCCCCCCC. The zero-order valence-electron chi connectivity index (χ0n) is 39.0. The van der Waals surface area contributed by atoms with Gasteiger partial charge in [-0.15, -0.1) is 0 Å². The van der Waals surface area contributed by atoms with Crippen LogP contribution in [0.2, 0.25) is 0 Å². The Bertz CT molecular complexity index is 863. The molecule has 0 aromatic carbocycles. The number of hydrogen-bond acceptors (Lipinski definition) is 5. The van der Waals surface area contributed by atoms with Crippen LogP contribution >= 0.6 is 0 Å². The van der Waals surface area contributed by atoms with E-state index in [0.29, 0.717) is 25.9 Å². The van der Waals surface area contributed by atoms with Crippen molar-refractivity contribution in [3.63, 3.8) is 0 Å². The fourth-order valence-electron chi connectivity index (χ4n) is 8.05. The van der Waals surface area contributed by atoms with Crippen LogP contribution in [0.4, 0.5) is 0 Å². The van der Waals surface area contributed by atoms with Crippen LogP contribution in [-0.2, 0) is 14.3 Å². The van der Waals surface area contributed by atoms with Crippen LogP contribution in [0.25, 0.3) is 0 Å². The van der Waals surface area contributed by atoms with E-state index in [1.54, 1.807) is 0 Å². The fourth-order valence-corrected chi connectivity index (χ4v) is 8.05. The lowest BCUT2D eigenvalue weighted by Crippen LogP contribution is -2.45. The second-order valence-corrected chi connectivity index (χ2v) is 17.9. The molecule has 0 aliphatic rings. The quantitative estimate of drug-likeness (QED) is 0.0323.